The van der Waals surface area contributed by atoms with Gasteiger partial charge in [0.1, 0.15) is 0 Å². The quantitative estimate of drug-likeness (QED) is 0.722. The molecule has 0 spiro atoms. The molecular formula is C20H19NS. The highest BCUT2D eigenvalue weighted by molar-refractivity contribution is 8.03. The van der Waals surface area contributed by atoms with Crippen LogP contribution in [-0.4, -0.2) is 11.3 Å². The Morgan fingerprint density at radius 3 is 3.00 bits per heavy atom. The monoisotopic (exact) mass is 305 g/mol. The molecule has 5 rings (SSSR count). The van der Waals surface area contributed by atoms with Crippen molar-refractivity contribution >= 4 is 17.4 Å². The van der Waals surface area contributed by atoms with Crippen molar-refractivity contribution in [2.24, 2.45) is 5.92 Å². The summed E-state index contributed by atoms with van der Waals surface area (Å²) in [5, 5.41) is 4.41. The van der Waals surface area contributed by atoms with E-state index in [2.05, 4.69) is 77.8 Å². The number of anilines is 1. The Kier molecular flexibility index (Phi) is 2.87. The van der Waals surface area contributed by atoms with Gasteiger partial charge >= 0.3 is 0 Å². The van der Waals surface area contributed by atoms with Gasteiger partial charge in [0, 0.05) is 28.8 Å². The predicted octanol–water partition coefficient (Wildman–Crippen LogP) is 5.03. The number of hydrogen-bond donors (Lipinski definition) is 1. The van der Waals surface area contributed by atoms with Crippen molar-refractivity contribution in [2.45, 2.75) is 30.1 Å². The Balaban J connectivity index is 1.70. The zero-order valence-electron chi connectivity index (χ0n) is 12.4. The third-order valence-corrected chi connectivity index (χ3v) is 6.76. The van der Waals surface area contributed by atoms with E-state index in [9.17, 15) is 0 Å². The van der Waals surface area contributed by atoms with E-state index in [0.29, 0.717) is 23.1 Å². The third-order valence-electron chi connectivity index (χ3n) is 5.29. The molecule has 2 heteroatoms. The SMILES string of the molecule is C1=CC2SC3=C(C=CCC3)C3c4ccccc4NC3C2C=C1. The molecule has 1 N–H and O–H groups in total. The summed E-state index contributed by atoms with van der Waals surface area (Å²) in [6, 6.07) is 9.36. The summed E-state index contributed by atoms with van der Waals surface area (Å²) in [5.41, 5.74) is 4.38. The van der Waals surface area contributed by atoms with Crippen LogP contribution in [0.15, 0.2) is 71.2 Å². The van der Waals surface area contributed by atoms with Gasteiger partial charge in [0.2, 0.25) is 0 Å². The molecule has 0 saturated heterocycles. The molecule has 0 amide bonds. The van der Waals surface area contributed by atoms with Crippen molar-refractivity contribution in [3.8, 4) is 0 Å². The first-order valence-electron chi connectivity index (χ1n) is 8.18. The Morgan fingerprint density at radius 2 is 2.00 bits per heavy atom. The first-order chi connectivity index (χ1) is 10.9. The lowest BCUT2D eigenvalue weighted by atomic mass is 9.78. The van der Waals surface area contributed by atoms with Gasteiger partial charge in [-0.25, -0.2) is 0 Å². The number of para-hydroxylation sites is 1. The smallest absolute Gasteiger partial charge is 0.0448 e. The van der Waals surface area contributed by atoms with Crippen LogP contribution in [0, 0.1) is 5.92 Å². The van der Waals surface area contributed by atoms with E-state index in [1.54, 1.807) is 10.5 Å². The summed E-state index contributed by atoms with van der Waals surface area (Å²) in [6.45, 7) is 0. The highest BCUT2D eigenvalue weighted by atomic mass is 32.2. The van der Waals surface area contributed by atoms with Gasteiger partial charge in [-0.1, -0.05) is 54.7 Å². The van der Waals surface area contributed by atoms with Crippen LogP contribution >= 0.6 is 11.8 Å². The number of benzene rings is 1. The molecule has 2 aliphatic heterocycles. The highest BCUT2D eigenvalue weighted by Gasteiger charge is 2.44. The largest absolute Gasteiger partial charge is 0.380 e. The number of fused-ring (bicyclic) bond motifs is 6. The molecule has 1 aromatic carbocycles. The molecule has 0 saturated carbocycles. The van der Waals surface area contributed by atoms with Crippen molar-refractivity contribution in [1.82, 2.24) is 0 Å². The fourth-order valence-electron chi connectivity index (χ4n) is 4.31. The van der Waals surface area contributed by atoms with E-state index in [4.69, 9.17) is 0 Å². The van der Waals surface area contributed by atoms with Gasteiger partial charge in [-0.15, -0.1) is 11.8 Å². The Morgan fingerprint density at radius 1 is 1.09 bits per heavy atom. The van der Waals surface area contributed by atoms with Crippen molar-refractivity contribution in [1.29, 1.82) is 0 Å². The molecule has 1 nitrogen and oxygen atoms in total. The molecule has 0 fully saturated rings. The molecule has 1 aromatic rings. The minimum Gasteiger partial charge on any atom is -0.380 e. The second kappa shape index (κ2) is 4.92. The molecule has 2 heterocycles. The minimum absolute atomic E-state index is 0.478. The molecule has 110 valence electrons. The maximum Gasteiger partial charge on any atom is 0.0448 e. The van der Waals surface area contributed by atoms with Crippen LogP contribution in [-0.2, 0) is 0 Å². The summed E-state index contributed by atoms with van der Waals surface area (Å²) in [5.74, 6) is 1.06. The summed E-state index contributed by atoms with van der Waals surface area (Å²) >= 11 is 2.10. The predicted molar refractivity (Wildman–Crippen MR) is 95.1 cm³/mol. The van der Waals surface area contributed by atoms with E-state index in [1.165, 1.54) is 24.1 Å². The van der Waals surface area contributed by atoms with E-state index in [1.807, 2.05) is 0 Å². The number of hydrogen-bond acceptors (Lipinski definition) is 2. The zero-order chi connectivity index (χ0) is 14.5. The van der Waals surface area contributed by atoms with E-state index < -0.39 is 0 Å². The van der Waals surface area contributed by atoms with Gasteiger partial charge in [0.25, 0.3) is 0 Å². The number of thioether (sulfide) groups is 1. The van der Waals surface area contributed by atoms with Crippen LogP contribution < -0.4 is 5.32 Å². The van der Waals surface area contributed by atoms with Gasteiger partial charge in [-0.2, -0.15) is 0 Å². The third kappa shape index (κ3) is 1.80. The Hall–Kier alpha value is -1.67. The lowest BCUT2D eigenvalue weighted by Crippen LogP contribution is -2.34. The fraction of sp³-hybridized carbons (Fsp3) is 0.300. The normalized spacial score (nSPS) is 34.4. The Labute approximate surface area is 135 Å². The molecule has 0 bridgehead atoms. The van der Waals surface area contributed by atoms with Crippen LogP contribution in [0.1, 0.15) is 24.3 Å². The number of rotatable bonds is 0. The van der Waals surface area contributed by atoms with Crippen LogP contribution in [0.5, 0.6) is 0 Å². The lowest BCUT2D eigenvalue weighted by molar-refractivity contribution is 0.518. The standard InChI is InChI=1S/C20H19NS/c1-4-10-16-13(7-1)19-14-8-2-5-11-17(14)22-18-12-6-3-9-15(18)20(19)21-16/h1-4,6-10,12,15,18-21H,5,11H2. The van der Waals surface area contributed by atoms with Crippen LogP contribution in [0.25, 0.3) is 0 Å². The first-order valence-corrected chi connectivity index (χ1v) is 9.06. The average molecular weight is 305 g/mol. The average Bonchev–Trinajstić information content (AvgIpc) is 2.89. The zero-order valence-corrected chi connectivity index (χ0v) is 13.2. The number of allylic oxidation sites excluding steroid dienone is 5. The van der Waals surface area contributed by atoms with E-state index in [0.717, 1.165) is 0 Å². The molecule has 2 aliphatic carbocycles. The topological polar surface area (TPSA) is 12.0 Å². The maximum absolute atomic E-state index is 3.84. The molecular weight excluding hydrogens is 286 g/mol. The Bertz CT molecular complexity index is 740. The van der Waals surface area contributed by atoms with E-state index in [-0.39, 0.29) is 0 Å². The summed E-state index contributed by atoms with van der Waals surface area (Å²) < 4.78 is 0. The first kappa shape index (κ1) is 12.8. The maximum atomic E-state index is 3.84. The molecule has 0 radical (unpaired) electrons. The van der Waals surface area contributed by atoms with Crippen LogP contribution in [0.2, 0.25) is 0 Å². The highest BCUT2D eigenvalue weighted by Crippen LogP contribution is 2.53. The molecule has 22 heavy (non-hydrogen) atoms. The van der Waals surface area contributed by atoms with E-state index >= 15 is 0 Å². The molecule has 4 aliphatic rings. The summed E-state index contributed by atoms with van der Waals surface area (Å²) in [4.78, 5) is 1.61. The minimum atomic E-state index is 0.478. The van der Waals surface area contributed by atoms with Gasteiger partial charge in [-0.3, -0.25) is 0 Å². The van der Waals surface area contributed by atoms with Crippen molar-refractivity contribution in [3.63, 3.8) is 0 Å². The number of nitrogens with one attached hydrogen (secondary N) is 1. The van der Waals surface area contributed by atoms with Crippen molar-refractivity contribution < 1.29 is 0 Å². The molecule has 0 aromatic heterocycles. The summed E-state index contributed by atoms with van der Waals surface area (Å²) in [6.07, 6.45) is 16.4. The molecule has 4 unspecified atom stereocenters. The van der Waals surface area contributed by atoms with Gasteiger partial charge in [0.15, 0.2) is 0 Å². The van der Waals surface area contributed by atoms with Gasteiger partial charge in [-0.05, 0) is 34.9 Å². The second-order valence-corrected chi connectivity index (χ2v) is 7.76. The van der Waals surface area contributed by atoms with Crippen molar-refractivity contribution in [2.75, 3.05) is 5.32 Å². The fourth-order valence-corrected chi connectivity index (χ4v) is 5.79. The summed E-state index contributed by atoms with van der Waals surface area (Å²) in [7, 11) is 0. The molecule has 4 atom stereocenters. The van der Waals surface area contributed by atoms with Crippen molar-refractivity contribution in [3.05, 3.63) is 76.8 Å². The van der Waals surface area contributed by atoms with Gasteiger partial charge < -0.3 is 5.32 Å². The van der Waals surface area contributed by atoms with Crippen LogP contribution in [0.3, 0.4) is 0 Å². The van der Waals surface area contributed by atoms with Gasteiger partial charge in [0.05, 0.1) is 0 Å². The van der Waals surface area contributed by atoms with Crippen LogP contribution in [0.4, 0.5) is 5.69 Å². The second-order valence-electron chi connectivity index (χ2n) is 6.48. The lowest BCUT2D eigenvalue weighted by Gasteiger charge is -2.30.